The fourth-order valence-electron chi connectivity index (χ4n) is 3.19. The van der Waals surface area contributed by atoms with Gasteiger partial charge in [-0.05, 0) is 25.7 Å². The number of hydrogen-bond donors (Lipinski definition) is 0. The van der Waals surface area contributed by atoms with Crippen molar-refractivity contribution in [1.82, 2.24) is 9.80 Å². The van der Waals surface area contributed by atoms with E-state index in [9.17, 15) is 9.59 Å². The SMILES string of the molecule is CC.CC.CC(=O)N1CCC(OC2CCN(CC(=O)C(C)C)CC2)CC1. The average Bonchev–Trinajstić information content (AvgIpc) is 2.67. The second kappa shape index (κ2) is 14.2. The number of likely N-dealkylation sites (tertiary alicyclic amines) is 2. The molecule has 0 N–H and O–H groups in total. The first-order chi connectivity index (χ1) is 12.5. The monoisotopic (exact) mass is 370 g/mol. The van der Waals surface area contributed by atoms with Gasteiger partial charge in [0, 0.05) is 39.0 Å². The lowest BCUT2D eigenvalue weighted by Crippen LogP contribution is -2.44. The van der Waals surface area contributed by atoms with Gasteiger partial charge in [0.2, 0.25) is 5.91 Å². The predicted octanol–water partition coefficient (Wildman–Crippen LogP) is 3.76. The molecule has 2 fully saturated rings. The Morgan fingerprint density at radius 1 is 0.885 bits per heavy atom. The largest absolute Gasteiger partial charge is 0.375 e. The van der Waals surface area contributed by atoms with Crippen LogP contribution in [0, 0.1) is 5.92 Å². The van der Waals surface area contributed by atoms with Crippen molar-refractivity contribution in [2.45, 2.75) is 86.4 Å². The van der Waals surface area contributed by atoms with Gasteiger partial charge in [0.1, 0.15) is 5.78 Å². The summed E-state index contributed by atoms with van der Waals surface area (Å²) in [5, 5.41) is 0. The van der Waals surface area contributed by atoms with E-state index in [0.29, 0.717) is 24.5 Å². The molecular formula is C21H42N2O3. The van der Waals surface area contributed by atoms with Gasteiger partial charge in [-0.3, -0.25) is 14.5 Å². The summed E-state index contributed by atoms with van der Waals surface area (Å²) < 4.78 is 6.21. The quantitative estimate of drug-likeness (QED) is 0.739. The van der Waals surface area contributed by atoms with E-state index in [0.717, 1.165) is 51.9 Å². The van der Waals surface area contributed by atoms with Crippen LogP contribution in [0.1, 0.15) is 74.1 Å². The zero-order valence-corrected chi connectivity index (χ0v) is 18.2. The van der Waals surface area contributed by atoms with Gasteiger partial charge in [0.15, 0.2) is 0 Å². The summed E-state index contributed by atoms with van der Waals surface area (Å²) in [6, 6.07) is 0. The molecule has 0 unspecified atom stereocenters. The number of hydrogen-bond acceptors (Lipinski definition) is 4. The van der Waals surface area contributed by atoms with Crippen LogP contribution in [0.2, 0.25) is 0 Å². The predicted molar refractivity (Wildman–Crippen MR) is 108 cm³/mol. The molecule has 0 aromatic heterocycles. The minimum absolute atomic E-state index is 0.125. The van der Waals surface area contributed by atoms with Gasteiger partial charge >= 0.3 is 0 Å². The van der Waals surface area contributed by atoms with Gasteiger partial charge in [-0.2, -0.15) is 0 Å². The van der Waals surface area contributed by atoms with Gasteiger partial charge < -0.3 is 9.64 Å². The Labute approximate surface area is 161 Å². The molecule has 1 amide bonds. The van der Waals surface area contributed by atoms with E-state index in [1.54, 1.807) is 6.92 Å². The first-order valence-corrected chi connectivity index (χ1v) is 10.6. The van der Waals surface area contributed by atoms with E-state index < -0.39 is 0 Å². The van der Waals surface area contributed by atoms with Crippen LogP contribution in [0.25, 0.3) is 0 Å². The maximum absolute atomic E-state index is 11.8. The molecule has 0 atom stereocenters. The summed E-state index contributed by atoms with van der Waals surface area (Å²) in [5.74, 6) is 0.623. The van der Waals surface area contributed by atoms with Crippen LogP contribution in [0.4, 0.5) is 0 Å². The normalized spacial score (nSPS) is 19.3. The molecule has 0 aliphatic carbocycles. The molecule has 2 saturated heterocycles. The van der Waals surface area contributed by atoms with E-state index in [-0.39, 0.29) is 11.8 Å². The number of rotatable bonds is 5. The molecule has 0 radical (unpaired) electrons. The van der Waals surface area contributed by atoms with Gasteiger partial charge in [0.05, 0.1) is 18.8 Å². The van der Waals surface area contributed by atoms with Crippen LogP contribution < -0.4 is 0 Å². The third kappa shape index (κ3) is 9.13. The van der Waals surface area contributed by atoms with Crippen molar-refractivity contribution in [2.75, 3.05) is 32.7 Å². The number of nitrogens with zero attached hydrogens (tertiary/aromatic N) is 2. The highest BCUT2D eigenvalue weighted by atomic mass is 16.5. The van der Waals surface area contributed by atoms with Crippen LogP contribution in [0.3, 0.4) is 0 Å². The summed E-state index contributed by atoms with van der Waals surface area (Å²) in [4.78, 5) is 27.3. The van der Waals surface area contributed by atoms with Crippen molar-refractivity contribution in [3.8, 4) is 0 Å². The number of ether oxygens (including phenoxy) is 1. The van der Waals surface area contributed by atoms with E-state index in [1.165, 1.54) is 0 Å². The third-order valence-electron chi connectivity index (χ3n) is 4.83. The molecule has 2 aliphatic heterocycles. The molecule has 0 spiro atoms. The smallest absolute Gasteiger partial charge is 0.219 e. The fourth-order valence-corrected chi connectivity index (χ4v) is 3.19. The molecule has 0 saturated carbocycles. The standard InChI is InChI=1S/C17H30N2O3.2C2H6/c1-13(2)17(21)12-18-8-4-15(5-9-18)22-16-6-10-19(11-7-16)14(3)20;2*1-2/h13,15-16H,4-12H2,1-3H3;2*1-2H3. The van der Waals surface area contributed by atoms with Crippen molar-refractivity contribution in [1.29, 1.82) is 0 Å². The fraction of sp³-hybridized carbons (Fsp3) is 0.905. The number of piperidine rings is 2. The van der Waals surface area contributed by atoms with Crippen molar-refractivity contribution < 1.29 is 14.3 Å². The Hall–Kier alpha value is -0.940. The third-order valence-corrected chi connectivity index (χ3v) is 4.83. The number of amides is 1. The summed E-state index contributed by atoms with van der Waals surface area (Å²) >= 11 is 0. The van der Waals surface area contributed by atoms with Crippen LogP contribution in [0.15, 0.2) is 0 Å². The molecule has 0 aromatic carbocycles. The zero-order valence-electron chi connectivity index (χ0n) is 18.2. The van der Waals surface area contributed by atoms with Crippen LogP contribution >= 0.6 is 0 Å². The molecule has 2 aliphatic rings. The summed E-state index contributed by atoms with van der Waals surface area (Å²) in [6.07, 6.45) is 4.54. The minimum Gasteiger partial charge on any atom is -0.375 e. The summed E-state index contributed by atoms with van der Waals surface area (Å²) in [6.45, 7) is 17.7. The maximum Gasteiger partial charge on any atom is 0.219 e. The number of ketones is 1. The molecule has 5 heteroatoms. The van der Waals surface area contributed by atoms with Crippen molar-refractivity contribution in [3.05, 3.63) is 0 Å². The van der Waals surface area contributed by atoms with E-state index in [1.807, 2.05) is 46.4 Å². The van der Waals surface area contributed by atoms with Gasteiger partial charge in [-0.1, -0.05) is 41.5 Å². The molecule has 0 bridgehead atoms. The minimum atomic E-state index is 0.125. The molecule has 2 rings (SSSR count). The summed E-state index contributed by atoms with van der Waals surface area (Å²) in [5.41, 5.74) is 0. The van der Waals surface area contributed by atoms with Crippen LogP contribution in [-0.4, -0.2) is 66.4 Å². The van der Waals surface area contributed by atoms with Gasteiger partial charge in [0.25, 0.3) is 0 Å². The number of carbonyl (C=O) groups excluding carboxylic acids is 2. The molecule has 154 valence electrons. The van der Waals surface area contributed by atoms with E-state index >= 15 is 0 Å². The van der Waals surface area contributed by atoms with Crippen molar-refractivity contribution >= 4 is 11.7 Å². The van der Waals surface area contributed by atoms with E-state index in [4.69, 9.17) is 4.74 Å². The number of carbonyl (C=O) groups is 2. The second-order valence-electron chi connectivity index (χ2n) is 6.94. The topological polar surface area (TPSA) is 49.9 Å². The lowest BCUT2D eigenvalue weighted by molar-refractivity contribution is -0.133. The Kier molecular flexibility index (Phi) is 13.6. The zero-order chi connectivity index (χ0) is 20.1. The first kappa shape index (κ1) is 25.1. The summed E-state index contributed by atoms with van der Waals surface area (Å²) in [7, 11) is 0. The first-order valence-electron chi connectivity index (χ1n) is 10.6. The van der Waals surface area contributed by atoms with Gasteiger partial charge in [-0.25, -0.2) is 0 Å². The molecule has 0 aromatic rings. The van der Waals surface area contributed by atoms with Crippen LogP contribution in [-0.2, 0) is 14.3 Å². The highest BCUT2D eigenvalue weighted by Crippen LogP contribution is 2.21. The van der Waals surface area contributed by atoms with Crippen molar-refractivity contribution in [3.63, 3.8) is 0 Å². The van der Waals surface area contributed by atoms with E-state index in [2.05, 4.69) is 4.90 Å². The van der Waals surface area contributed by atoms with Crippen LogP contribution in [0.5, 0.6) is 0 Å². The second-order valence-corrected chi connectivity index (χ2v) is 6.94. The number of Topliss-reactive ketones (excluding diaryl/α,β-unsaturated/α-hetero) is 1. The molecule has 26 heavy (non-hydrogen) atoms. The molecule has 5 nitrogen and oxygen atoms in total. The Morgan fingerprint density at radius 2 is 1.31 bits per heavy atom. The molecular weight excluding hydrogens is 328 g/mol. The van der Waals surface area contributed by atoms with Gasteiger partial charge in [-0.15, -0.1) is 0 Å². The highest BCUT2D eigenvalue weighted by molar-refractivity contribution is 5.82. The van der Waals surface area contributed by atoms with Crippen molar-refractivity contribution in [2.24, 2.45) is 5.92 Å². The lowest BCUT2D eigenvalue weighted by Gasteiger charge is -2.36. The highest BCUT2D eigenvalue weighted by Gasteiger charge is 2.27. The Morgan fingerprint density at radius 3 is 1.69 bits per heavy atom. The Bertz CT molecular complexity index is 383. The maximum atomic E-state index is 11.8. The average molecular weight is 371 g/mol. The molecule has 2 heterocycles. The Balaban J connectivity index is 0.00000146. The lowest BCUT2D eigenvalue weighted by atomic mass is 10.0.